The average molecular weight is 575 g/mol. The van der Waals surface area contributed by atoms with Crippen LogP contribution >= 0.6 is 11.3 Å². The molecule has 40 heavy (non-hydrogen) atoms. The summed E-state index contributed by atoms with van der Waals surface area (Å²) >= 11 is 1.53. The van der Waals surface area contributed by atoms with E-state index in [9.17, 15) is 24.6 Å². The van der Waals surface area contributed by atoms with Crippen molar-refractivity contribution in [2.24, 2.45) is 5.41 Å². The second-order valence-corrected chi connectivity index (χ2v) is 12.9. The van der Waals surface area contributed by atoms with Gasteiger partial charge in [0.25, 0.3) is 0 Å². The number of aliphatic hydroxyl groups excluding tert-OH is 2. The van der Waals surface area contributed by atoms with Crippen molar-refractivity contribution in [2.75, 3.05) is 13.2 Å². The topological polar surface area (TPSA) is 141 Å². The summed E-state index contributed by atoms with van der Waals surface area (Å²) in [6.07, 6.45) is -0.328. The molecule has 3 amide bonds. The van der Waals surface area contributed by atoms with Gasteiger partial charge in [-0.3, -0.25) is 14.4 Å². The van der Waals surface area contributed by atoms with Crippen LogP contribution in [0.15, 0.2) is 23.7 Å². The van der Waals surface area contributed by atoms with Gasteiger partial charge in [0.1, 0.15) is 23.4 Å². The van der Waals surface area contributed by atoms with Crippen LogP contribution in [0.25, 0.3) is 10.4 Å². The Bertz CT molecular complexity index is 1220. The van der Waals surface area contributed by atoms with Crippen LogP contribution in [-0.4, -0.2) is 74.8 Å². The van der Waals surface area contributed by atoms with Crippen LogP contribution in [-0.2, 0) is 20.9 Å². The second kappa shape index (κ2) is 12.7. The molecule has 2 aromatic rings. The summed E-state index contributed by atoms with van der Waals surface area (Å²) in [5.74, 6) is -0.577. The molecule has 10 nitrogen and oxygen atoms in total. The normalized spacial score (nSPS) is 18.4. The van der Waals surface area contributed by atoms with E-state index in [-0.39, 0.29) is 32.0 Å². The smallest absolute Gasteiger partial charge is 0.246 e. The SMILES string of the molecule is CC(=O)NC(C(=O)N1C[C@H](O)C[C@H]1C(=O)NCc1ccc(-c2scnc2C)cc1OC(C)(C)CCO)C(C)(C)C. The number of thiazole rings is 1. The van der Waals surface area contributed by atoms with E-state index in [1.165, 1.54) is 23.2 Å². The predicted octanol–water partition coefficient (Wildman–Crippen LogP) is 2.79. The first-order valence-corrected chi connectivity index (χ1v) is 14.4. The highest BCUT2D eigenvalue weighted by molar-refractivity contribution is 7.13. The van der Waals surface area contributed by atoms with Gasteiger partial charge in [0.05, 0.1) is 22.2 Å². The Labute approximate surface area is 240 Å². The number of carbonyl (C=O) groups is 3. The van der Waals surface area contributed by atoms with Crippen LogP contribution in [0.1, 0.15) is 65.6 Å². The Balaban J connectivity index is 1.83. The van der Waals surface area contributed by atoms with Crippen LogP contribution in [0.5, 0.6) is 5.75 Å². The Morgan fingerprint density at radius 3 is 2.50 bits per heavy atom. The predicted molar refractivity (Wildman–Crippen MR) is 154 cm³/mol. The molecule has 3 rings (SSSR count). The molecule has 2 heterocycles. The monoisotopic (exact) mass is 574 g/mol. The van der Waals surface area contributed by atoms with E-state index < -0.39 is 41.0 Å². The summed E-state index contributed by atoms with van der Waals surface area (Å²) in [6.45, 7) is 12.7. The van der Waals surface area contributed by atoms with Crippen molar-refractivity contribution in [3.63, 3.8) is 0 Å². The number of aromatic nitrogens is 1. The number of aryl methyl sites for hydroxylation is 1. The molecule has 1 aliphatic heterocycles. The molecule has 1 aliphatic rings. The van der Waals surface area contributed by atoms with Gasteiger partial charge in [0.15, 0.2) is 0 Å². The van der Waals surface area contributed by atoms with Gasteiger partial charge in [0.2, 0.25) is 17.7 Å². The molecule has 1 fully saturated rings. The van der Waals surface area contributed by atoms with E-state index in [4.69, 9.17) is 4.74 Å². The zero-order valence-corrected chi connectivity index (χ0v) is 25.2. The average Bonchev–Trinajstić information content (AvgIpc) is 3.45. The van der Waals surface area contributed by atoms with Crippen LogP contribution in [0.2, 0.25) is 0 Å². The molecule has 11 heteroatoms. The van der Waals surface area contributed by atoms with Crippen molar-refractivity contribution in [1.82, 2.24) is 20.5 Å². The number of ether oxygens (including phenoxy) is 1. The van der Waals surface area contributed by atoms with Crippen molar-refractivity contribution >= 4 is 29.1 Å². The molecule has 3 atom stereocenters. The largest absolute Gasteiger partial charge is 0.487 e. The number of carbonyl (C=O) groups excluding carboxylic acids is 3. The quantitative estimate of drug-likeness (QED) is 0.342. The van der Waals surface area contributed by atoms with E-state index in [0.29, 0.717) is 12.2 Å². The van der Waals surface area contributed by atoms with Crippen molar-refractivity contribution in [3.05, 3.63) is 35.0 Å². The van der Waals surface area contributed by atoms with E-state index in [2.05, 4.69) is 15.6 Å². The maximum Gasteiger partial charge on any atom is 0.246 e. The van der Waals surface area contributed by atoms with E-state index in [1.54, 1.807) is 5.51 Å². The van der Waals surface area contributed by atoms with Gasteiger partial charge < -0.3 is 30.5 Å². The van der Waals surface area contributed by atoms with Crippen molar-refractivity contribution in [2.45, 2.75) is 91.6 Å². The number of nitrogens with zero attached hydrogens (tertiary/aromatic N) is 2. The third-order valence-corrected chi connectivity index (χ3v) is 7.93. The molecule has 0 saturated carbocycles. The first-order valence-electron chi connectivity index (χ1n) is 13.5. The molecular formula is C29H42N4O6S. The van der Waals surface area contributed by atoms with Crippen LogP contribution in [0, 0.1) is 12.3 Å². The summed E-state index contributed by atoms with van der Waals surface area (Å²) in [6, 6.07) is 4.03. The number of likely N-dealkylation sites (tertiary alicyclic amines) is 1. The number of aliphatic hydroxyl groups is 2. The Kier molecular flexibility index (Phi) is 9.97. The van der Waals surface area contributed by atoms with Gasteiger partial charge in [-0.2, -0.15) is 0 Å². The highest BCUT2D eigenvalue weighted by atomic mass is 32.1. The maximum absolute atomic E-state index is 13.5. The van der Waals surface area contributed by atoms with Gasteiger partial charge in [-0.1, -0.05) is 32.9 Å². The van der Waals surface area contributed by atoms with E-state index in [0.717, 1.165) is 21.7 Å². The highest BCUT2D eigenvalue weighted by Gasteiger charge is 2.44. The molecule has 0 radical (unpaired) electrons. The molecule has 1 aromatic carbocycles. The summed E-state index contributed by atoms with van der Waals surface area (Å²) < 4.78 is 6.32. The zero-order valence-electron chi connectivity index (χ0n) is 24.4. The minimum Gasteiger partial charge on any atom is -0.487 e. The van der Waals surface area contributed by atoms with Gasteiger partial charge in [-0.05, 0) is 37.8 Å². The Morgan fingerprint density at radius 1 is 1.23 bits per heavy atom. The Morgan fingerprint density at radius 2 is 1.93 bits per heavy atom. The Hall–Kier alpha value is -3.02. The molecule has 0 bridgehead atoms. The van der Waals surface area contributed by atoms with Crippen LogP contribution in [0.3, 0.4) is 0 Å². The van der Waals surface area contributed by atoms with Crippen molar-refractivity contribution in [1.29, 1.82) is 0 Å². The lowest BCUT2D eigenvalue weighted by molar-refractivity contribution is -0.143. The highest BCUT2D eigenvalue weighted by Crippen LogP contribution is 2.34. The third-order valence-electron chi connectivity index (χ3n) is 6.95. The summed E-state index contributed by atoms with van der Waals surface area (Å²) in [5.41, 5.74) is 3.11. The zero-order chi connectivity index (χ0) is 29.8. The molecule has 0 spiro atoms. The number of amides is 3. The lowest BCUT2D eigenvalue weighted by Gasteiger charge is -2.35. The number of β-amino-alcohol motifs (C(OH)–C–C–N with tert-alkyl or cyclic N) is 1. The number of hydrogen-bond acceptors (Lipinski definition) is 8. The number of benzene rings is 1. The van der Waals surface area contributed by atoms with E-state index in [1.807, 2.05) is 59.7 Å². The fourth-order valence-corrected chi connectivity index (χ4v) is 5.56. The minimum atomic E-state index is -0.879. The van der Waals surface area contributed by atoms with E-state index >= 15 is 0 Å². The lowest BCUT2D eigenvalue weighted by atomic mass is 9.85. The summed E-state index contributed by atoms with van der Waals surface area (Å²) in [7, 11) is 0. The van der Waals surface area contributed by atoms with Gasteiger partial charge in [0, 0.05) is 45.0 Å². The number of nitrogens with one attached hydrogen (secondary N) is 2. The lowest BCUT2D eigenvalue weighted by Crippen LogP contribution is -2.57. The van der Waals surface area contributed by atoms with Crippen LogP contribution < -0.4 is 15.4 Å². The van der Waals surface area contributed by atoms with Crippen molar-refractivity contribution in [3.8, 4) is 16.2 Å². The molecular weight excluding hydrogens is 532 g/mol. The molecule has 1 saturated heterocycles. The first-order chi connectivity index (χ1) is 18.6. The standard InChI is InChI=1S/C29H42N4O6S/c1-17-24(40-16-31-17)19-8-9-20(23(12-19)39-29(6,7)10-11-34)14-30-26(37)22-13-21(36)15-33(22)27(38)25(28(3,4)5)32-18(2)35/h8-9,12,16,21-22,25,34,36H,10-11,13-15H2,1-7H3,(H,30,37)(H,32,35)/t21-,22+,25?/m1/s1. The van der Waals surface area contributed by atoms with Gasteiger partial charge in [-0.25, -0.2) is 4.98 Å². The number of rotatable bonds is 10. The van der Waals surface area contributed by atoms with Crippen molar-refractivity contribution < 1.29 is 29.3 Å². The van der Waals surface area contributed by atoms with Crippen LogP contribution in [0.4, 0.5) is 0 Å². The fourth-order valence-electron chi connectivity index (χ4n) is 4.76. The molecule has 4 N–H and O–H groups in total. The van der Waals surface area contributed by atoms with Gasteiger partial charge >= 0.3 is 0 Å². The molecule has 220 valence electrons. The molecule has 1 unspecified atom stereocenters. The molecule has 0 aliphatic carbocycles. The minimum absolute atomic E-state index is 0.00962. The first kappa shape index (κ1) is 31.5. The maximum atomic E-state index is 13.5. The number of hydrogen-bond donors (Lipinski definition) is 4. The summed E-state index contributed by atoms with van der Waals surface area (Å²) in [4.78, 5) is 45.4. The fraction of sp³-hybridized carbons (Fsp3) is 0.586. The summed E-state index contributed by atoms with van der Waals surface area (Å²) in [5, 5.41) is 25.5. The third kappa shape index (κ3) is 7.80. The van der Waals surface area contributed by atoms with Gasteiger partial charge in [-0.15, -0.1) is 11.3 Å². The second-order valence-electron chi connectivity index (χ2n) is 12.0. The molecule has 1 aromatic heterocycles.